The second kappa shape index (κ2) is 5.14. The molecule has 0 amide bonds. The van der Waals surface area contributed by atoms with E-state index in [-0.39, 0.29) is 11.7 Å². The van der Waals surface area contributed by atoms with Crippen molar-refractivity contribution in [1.29, 1.82) is 0 Å². The number of hydrogen-bond donors (Lipinski definition) is 0. The molecular formula is C17H14ClNO. The summed E-state index contributed by atoms with van der Waals surface area (Å²) in [4.78, 5) is 12.1. The van der Waals surface area contributed by atoms with Crippen molar-refractivity contribution < 1.29 is 4.79 Å². The number of aromatic nitrogens is 1. The molecule has 2 aromatic carbocycles. The maximum atomic E-state index is 12.1. The number of benzene rings is 2. The van der Waals surface area contributed by atoms with Crippen molar-refractivity contribution in [3.63, 3.8) is 0 Å². The van der Waals surface area contributed by atoms with Gasteiger partial charge in [0.05, 0.1) is 11.6 Å². The van der Waals surface area contributed by atoms with Gasteiger partial charge in [-0.2, -0.15) is 0 Å². The van der Waals surface area contributed by atoms with Crippen LogP contribution in [0.1, 0.15) is 10.5 Å². The summed E-state index contributed by atoms with van der Waals surface area (Å²) in [6.45, 7) is 0. The lowest BCUT2D eigenvalue weighted by molar-refractivity contribution is 0.101. The highest BCUT2D eigenvalue weighted by Crippen LogP contribution is 2.31. The lowest BCUT2D eigenvalue weighted by atomic mass is 9.97. The van der Waals surface area contributed by atoms with Crippen molar-refractivity contribution in [2.45, 2.75) is 0 Å². The zero-order chi connectivity index (χ0) is 14.1. The van der Waals surface area contributed by atoms with Gasteiger partial charge in [-0.05, 0) is 22.4 Å². The number of nitrogens with zero attached hydrogens (tertiary/aromatic N) is 1. The van der Waals surface area contributed by atoms with Gasteiger partial charge in [-0.3, -0.25) is 4.79 Å². The largest absolute Gasteiger partial charge is 0.348 e. The fourth-order valence-electron chi connectivity index (χ4n) is 2.62. The maximum Gasteiger partial charge on any atom is 0.194 e. The average molecular weight is 284 g/mol. The first-order valence-corrected chi connectivity index (χ1v) is 6.98. The number of Topliss-reactive ketones (excluding diaryl/α,β-unsaturated/α-hetero) is 1. The van der Waals surface area contributed by atoms with Gasteiger partial charge in [0.2, 0.25) is 0 Å². The van der Waals surface area contributed by atoms with E-state index in [1.54, 1.807) is 0 Å². The third kappa shape index (κ3) is 2.02. The summed E-state index contributed by atoms with van der Waals surface area (Å²) in [6, 6.07) is 16.3. The van der Waals surface area contributed by atoms with Crippen LogP contribution in [-0.4, -0.2) is 16.2 Å². The first-order chi connectivity index (χ1) is 9.72. The molecule has 0 radical (unpaired) electrons. The zero-order valence-corrected chi connectivity index (χ0v) is 11.9. The van der Waals surface area contributed by atoms with Gasteiger partial charge < -0.3 is 4.57 Å². The van der Waals surface area contributed by atoms with Gasteiger partial charge in [0.25, 0.3) is 0 Å². The molecule has 0 saturated heterocycles. The highest BCUT2D eigenvalue weighted by molar-refractivity contribution is 6.31. The lowest BCUT2D eigenvalue weighted by Crippen LogP contribution is -2.08. The number of halogens is 1. The Morgan fingerprint density at radius 3 is 2.60 bits per heavy atom. The summed E-state index contributed by atoms with van der Waals surface area (Å²) in [5.74, 6) is -0.0580. The minimum absolute atomic E-state index is 0.00435. The van der Waals surface area contributed by atoms with Gasteiger partial charge in [-0.25, -0.2) is 0 Å². The van der Waals surface area contributed by atoms with Crippen molar-refractivity contribution in [1.82, 2.24) is 4.57 Å². The Kier molecular flexibility index (Phi) is 3.33. The van der Waals surface area contributed by atoms with Gasteiger partial charge in [-0.15, -0.1) is 11.6 Å². The van der Waals surface area contributed by atoms with Crippen LogP contribution < -0.4 is 0 Å². The molecule has 0 spiro atoms. The minimum atomic E-state index is -0.0536. The lowest BCUT2D eigenvalue weighted by Gasteiger charge is -2.08. The van der Waals surface area contributed by atoms with Gasteiger partial charge in [0, 0.05) is 18.8 Å². The predicted molar refractivity (Wildman–Crippen MR) is 83.4 cm³/mol. The molecule has 0 saturated carbocycles. The van der Waals surface area contributed by atoms with E-state index >= 15 is 0 Å². The Morgan fingerprint density at radius 2 is 1.80 bits per heavy atom. The smallest absolute Gasteiger partial charge is 0.194 e. The molecular weight excluding hydrogens is 270 g/mol. The summed E-state index contributed by atoms with van der Waals surface area (Å²) >= 11 is 5.73. The molecule has 3 heteroatoms. The van der Waals surface area contributed by atoms with E-state index in [9.17, 15) is 4.79 Å². The van der Waals surface area contributed by atoms with Crippen LogP contribution in [0.4, 0.5) is 0 Å². The molecule has 20 heavy (non-hydrogen) atoms. The van der Waals surface area contributed by atoms with E-state index in [1.807, 2.05) is 48.1 Å². The maximum absolute atomic E-state index is 12.1. The van der Waals surface area contributed by atoms with Gasteiger partial charge in [-0.1, -0.05) is 42.5 Å². The molecule has 1 heterocycles. The Balaban J connectivity index is 2.29. The van der Waals surface area contributed by atoms with Crippen molar-refractivity contribution in [3.8, 4) is 11.1 Å². The minimum Gasteiger partial charge on any atom is -0.348 e. The standard InChI is InChI=1S/C17H14ClNO/c1-19-10-9-15(17(19)16(20)11-18)14-8-4-6-12-5-2-3-7-13(12)14/h2-10H,11H2,1H3. The third-order valence-electron chi connectivity index (χ3n) is 3.54. The summed E-state index contributed by atoms with van der Waals surface area (Å²) in [6.07, 6.45) is 1.90. The van der Waals surface area contributed by atoms with E-state index in [4.69, 9.17) is 11.6 Å². The molecule has 100 valence electrons. The van der Waals surface area contributed by atoms with Crippen molar-refractivity contribution in [2.75, 3.05) is 5.88 Å². The van der Waals surface area contributed by atoms with Crippen molar-refractivity contribution in [3.05, 3.63) is 60.4 Å². The number of carbonyl (C=O) groups is 1. The number of aryl methyl sites for hydroxylation is 1. The summed E-state index contributed by atoms with van der Waals surface area (Å²) in [5, 5.41) is 2.31. The quantitative estimate of drug-likeness (QED) is 0.520. The summed E-state index contributed by atoms with van der Waals surface area (Å²) in [7, 11) is 1.87. The molecule has 3 rings (SSSR count). The number of carbonyl (C=O) groups excluding carboxylic acids is 1. The van der Waals surface area contributed by atoms with Crippen LogP contribution in [0, 0.1) is 0 Å². The van der Waals surface area contributed by atoms with E-state index in [0.29, 0.717) is 5.69 Å². The van der Waals surface area contributed by atoms with Gasteiger partial charge >= 0.3 is 0 Å². The van der Waals surface area contributed by atoms with Gasteiger partial charge in [0.1, 0.15) is 0 Å². The third-order valence-corrected chi connectivity index (χ3v) is 3.78. The normalized spacial score (nSPS) is 10.9. The van der Waals surface area contributed by atoms with E-state index in [0.717, 1.165) is 21.9 Å². The Bertz CT molecular complexity index is 783. The first-order valence-electron chi connectivity index (χ1n) is 6.45. The van der Waals surface area contributed by atoms with Gasteiger partial charge in [0.15, 0.2) is 5.78 Å². The SMILES string of the molecule is Cn1ccc(-c2cccc3ccccc23)c1C(=O)CCl. The second-order valence-corrected chi connectivity index (χ2v) is 5.04. The zero-order valence-electron chi connectivity index (χ0n) is 11.1. The number of alkyl halides is 1. The second-order valence-electron chi connectivity index (χ2n) is 4.77. The van der Waals surface area contributed by atoms with Crippen LogP contribution in [0.3, 0.4) is 0 Å². The Labute approximate surface area is 122 Å². The van der Waals surface area contributed by atoms with Crippen LogP contribution in [0.25, 0.3) is 21.9 Å². The van der Waals surface area contributed by atoms with Crippen molar-refractivity contribution in [2.24, 2.45) is 7.05 Å². The van der Waals surface area contributed by atoms with Crippen LogP contribution in [0.2, 0.25) is 0 Å². The number of rotatable bonds is 3. The molecule has 0 bridgehead atoms. The Hall–Kier alpha value is -2.06. The topological polar surface area (TPSA) is 22.0 Å². The molecule has 0 aliphatic carbocycles. The summed E-state index contributed by atoms with van der Waals surface area (Å²) < 4.78 is 1.84. The van der Waals surface area contributed by atoms with E-state index < -0.39 is 0 Å². The molecule has 0 N–H and O–H groups in total. The number of hydrogen-bond acceptors (Lipinski definition) is 1. The molecule has 0 fully saturated rings. The Morgan fingerprint density at radius 1 is 1.05 bits per heavy atom. The molecule has 0 aliphatic heterocycles. The molecule has 2 nitrogen and oxygen atoms in total. The van der Waals surface area contributed by atoms with Crippen LogP contribution >= 0.6 is 11.6 Å². The molecule has 0 unspecified atom stereocenters. The highest BCUT2D eigenvalue weighted by atomic mass is 35.5. The first kappa shape index (κ1) is 12.9. The molecule has 0 aliphatic rings. The monoisotopic (exact) mass is 283 g/mol. The molecule has 1 aromatic heterocycles. The van der Waals surface area contributed by atoms with E-state index in [1.165, 1.54) is 0 Å². The molecule has 3 aromatic rings. The number of fused-ring (bicyclic) bond motifs is 1. The van der Waals surface area contributed by atoms with Crippen LogP contribution in [-0.2, 0) is 7.05 Å². The molecule has 0 atom stereocenters. The fourth-order valence-corrected chi connectivity index (χ4v) is 2.74. The summed E-state index contributed by atoms with van der Waals surface area (Å²) in [5.41, 5.74) is 2.67. The highest BCUT2D eigenvalue weighted by Gasteiger charge is 2.17. The van der Waals surface area contributed by atoms with Crippen molar-refractivity contribution >= 4 is 28.2 Å². The van der Waals surface area contributed by atoms with Crippen LogP contribution in [0.5, 0.6) is 0 Å². The average Bonchev–Trinajstić information content (AvgIpc) is 2.87. The van der Waals surface area contributed by atoms with E-state index in [2.05, 4.69) is 18.2 Å². The van der Waals surface area contributed by atoms with Crippen LogP contribution in [0.15, 0.2) is 54.7 Å². The fraction of sp³-hybridized carbons (Fsp3) is 0.118. The predicted octanol–water partition coefficient (Wildman–Crippen LogP) is 4.27. The number of ketones is 1.